The Balaban J connectivity index is 2.61. The van der Waals surface area contributed by atoms with E-state index < -0.39 is 8.80 Å². The SMILES string of the molecule is CO[Si](CCCc1ccc(F)cc1)(OC(C)C)OC(C)C. The van der Waals surface area contributed by atoms with Crippen LogP contribution in [0.4, 0.5) is 4.39 Å². The number of halogens is 1. The summed E-state index contributed by atoms with van der Waals surface area (Å²) in [6, 6.07) is 7.38. The van der Waals surface area contributed by atoms with E-state index in [0.29, 0.717) is 0 Å². The van der Waals surface area contributed by atoms with Crippen LogP contribution >= 0.6 is 0 Å². The Kier molecular flexibility index (Phi) is 7.52. The largest absolute Gasteiger partial charge is 0.501 e. The van der Waals surface area contributed by atoms with Crippen LogP contribution in [0.2, 0.25) is 6.04 Å². The van der Waals surface area contributed by atoms with Crippen LogP contribution in [0.5, 0.6) is 0 Å². The van der Waals surface area contributed by atoms with Crippen molar-refractivity contribution in [1.82, 2.24) is 0 Å². The predicted octanol–water partition coefficient (Wildman–Crippen LogP) is 4.19. The second-order valence-electron chi connectivity index (χ2n) is 5.70. The molecule has 0 aromatic heterocycles. The molecule has 0 bridgehead atoms. The third-order valence-corrected chi connectivity index (χ3v) is 6.25. The summed E-state index contributed by atoms with van der Waals surface area (Å²) in [4.78, 5) is 0. The lowest BCUT2D eigenvalue weighted by molar-refractivity contribution is 0.0325. The van der Waals surface area contributed by atoms with Crippen LogP contribution in [0.15, 0.2) is 24.3 Å². The van der Waals surface area contributed by atoms with Crippen molar-refractivity contribution in [3.63, 3.8) is 0 Å². The molecule has 0 heterocycles. The molecule has 0 N–H and O–H groups in total. The van der Waals surface area contributed by atoms with Crippen molar-refractivity contribution in [2.45, 2.75) is 58.8 Å². The van der Waals surface area contributed by atoms with Gasteiger partial charge in [0.25, 0.3) is 0 Å². The molecule has 3 nitrogen and oxygen atoms in total. The first-order valence-corrected chi connectivity index (χ1v) is 9.45. The molecule has 1 aromatic rings. The van der Waals surface area contributed by atoms with Crippen LogP contribution in [0.3, 0.4) is 0 Å². The second-order valence-corrected chi connectivity index (χ2v) is 8.45. The average molecular weight is 314 g/mol. The topological polar surface area (TPSA) is 27.7 Å². The van der Waals surface area contributed by atoms with Gasteiger partial charge in [-0.2, -0.15) is 0 Å². The minimum Gasteiger partial charge on any atom is -0.377 e. The van der Waals surface area contributed by atoms with Crippen molar-refractivity contribution in [2.24, 2.45) is 0 Å². The smallest absolute Gasteiger partial charge is 0.377 e. The van der Waals surface area contributed by atoms with Gasteiger partial charge in [-0.25, -0.2) is 4.39 Å². The highest BCUT2D eigenvalue weighted by molar-refractivity contribution is 6.60. The van der Waals surface area contributed by atoms with Gasteiger partial charge in [-0.15, -0.1) is 0 Å². The van der Waals surface area contributed by atoms with Gasteiger partial charge in [0, 0.05) is 25.4 Å². The number of benzene rings is 1. The molecule has 0 aliphatic carbocycles. The van der Waals surface area contributed by atoms with Crippen LogP contribution in [0.1, 0.15) is 39.7 Å². The van der Waals surface area contributed by atoms with Crippen molar-refractivity contribution < 1.29 is 17.7 Å². The van der Waals surface area contributed by atoms with E-state index in [1.54, 1.807) is 7.11 Å². The zero-order chi connectivity index (χ0) is 15.9. The van der Waals surface area contributed by atoms with Crippen molar-refractivity contribution in [2.75, 3.05) is 7.11 Å². The summed E-state index contributed by atoms with van der Waals surface area (Å²) in [7, 11) is -0.973. The second kappa shape index (κ2) is 8.63. The monoisotopic (exact) mass is 314 g/mol. The molecule has 21 heavy (non-hydrogen) atoms. The first-order chi connectivity index (χ1) is 9.87. The fourth-order valence-electron chi connectivity index (χ4n) is 2.22. The lowest BCUT2D eigenvalue weighted by Crippen LogP contribution is -2.48. The standard InChI is InChI=1S/C16H27FO3Si/c1-13(2)19-21(18-5,20-14(3)4)12-6-7-15-8-10-16(17)11-9-15/h8-11,13-14H,6-7,12H2,1-5H3. The number of hydrogen-bond acceptors (Lipinski definition) is 3. The highest BCUT2D eigenvalue weighted by Gasteiger charge is 2.41. The summed E-state index contributed by atoms with van der Waals surface area (Å²) < 4.78 is 30.5. The summed E-state index contributed by atoms with van der Waals surface area (Å²) in [6.07, 6.45) is 1.90. The normalized spacial score (nSPS) is 12.4. The molecule has 0 saturated heterocycles. The molecule has 0 radical (unpaired) electrons. The Hall–Kier alpha value is -0.753. The van der Waals surface area contributed by atoms with Gasteiger partial charge < -0.3 is 13.3 Å². The molecule has 0 aliphatic rings. The van der Waals surface area contributed by atoms with E-state index in [0.717, 1.165) is 24.4 Å². The fourth-order valence-corrected chi connectivity index (χ4v) is 4.96. The van der Waals surface area contributed by atoms with Crippen molar-refractivity contribution in [1.29, 1.82) is 0 Å². The van der Waals surface area contributed by atoms with Crippen LogP contribution in [0, 0.1) is 5.82 Å². The minimum absolute atomic E-state index is 0.0705. The van der Waals surface area contributed by atoms with Gasteiger partial charge >= 0.3 is 8.80 Å². The van der Waals surface area contributed by atoms with Crippen LogP contribution in [-0.4, -0.2) is 28.1 Å². The Labute approximate surface area is 128 Å². The number of aryl methyl sites for hydroxylation is 1. The van der Waals surface area contributed by atoms with Crippen molar-refractivity contribution in [3.05, 3.63) is 35.6 Å². The van der Waals surface area contributed by atoms with Gasteiger partial charge in [-0.3, -0.25) is 0 Å². The van der Waals surface area contributed by atoms with Gasteiger partial charge in [0.2, 0.25) is 0 Å². The maximum atomic E-state index is 12.9. The number of hydrogen-bond donors (Lipinski definition) is 0. The molecular weight excluding hydrogens is 287 g/mol. The minimum atomic E-state index is -2.63. The molecular formula is C16H27FO3Si. The van der Waals surface area contributed by atoms with E-state index in [1.165, 1.54) is 12.1 Å². The van der Waals surface area contributed by atoms with Gasteiger partial charge in [-0.05, 0) is 58.2 Å². The predicted molar refractivity (Wildman–Crippen MR) is 84.7 cm³/mol. The zero-order valence-corrected chi connectivity index (χ0v) is 14.7. The maximum Gasteiger partial charge on any atom is 0.501 e. The van der Waals surface area contributed by atoms with E-state index in [9.17, 15) is 4.39 Å². The summed E-state index contributed by atoms with van der Waals surface area (Å²) in [6.45, 7) is 7.96. The Morgan fingerprint density at radius 2 is 1.52 bits per heavy atom. The van der Waals surface area contributed by atoms with Crippen LogP contribution < -0.4 is 0 Å². The summed E-state index contributed by atoms with van der Waals surface area (Å²) in [5.41, 5.74) is 1.12. The van der Waals surface area contributed by atoms with Crippen molar-refractivity contribution >= 4 is 8.80 Å². The van der Waals surface area contributed by atoms with Gasteiger partial charge in [0.15, 0.2) is 0 Å². The molecule has 0 fully saturated rings. The molecule has 0 saturated carbocycles. The lowest BCUT2D eigenvalue weighted by atomic mass is 10.1. The van der Waals surface area contributed by atoms with Gasteiger partial charge in [0.05, 0.1) is 0 Å². The molecule has 1 aromatic carbocycles. The van der Waals surface area contributed by atoms with E-state index in [4.69, 9.17) is 13.3 Å². The van der Waals surface area contributed by atoms with E-state index in [1.807, 2.05) is 39.8 Å². The zero-order valence-electron chi connectivity index (χ0n) is 13.7. The van der Waals surface area contributed by atoms with Crippen molar-refractivity contribution in [3.8, 4) is 0 Å². The first kappa shape index (κ1) is 18.3. The lowest BCUT2D eigenvalue weighted by Gasteiger charge is -2.31. The van der Waals surface area contributed by atoms with E-state index in [2.05, 4.69) is 0 Å². The molecule has 0 spiro atoms. The van der Waals surface area contributed by atoms with E-state index in [-0.39, 0.29) is 18.0 Å². The van der Waals surface area contributed by atoms with E-state index >= 15 is 0 Å². The third kappa shape index (κ3) is 6.69. The molecule has 0 atom stereocenters. The molecule has 120 valence electrons. The quantitative estimate of drug-likeness (QED) is 0.640. The highest BCUT2D eigenvalue weighted by Crippen LogP contribution is 2.22. The Morgan fingerprint density at radius 1 is 1.00 bits per heavy atom. The van der Waals surface area contributed by atoms with Crippen LogP contribution in [-0.2, 0) is 19.7 Å². The fraction of sp³-hybridized carbons (Fsp3) is 0.625. The molecule has 0 aliphatic heterocycles. The average Bonchev–Trinajstić information content (AvgIpc) is 2.39. The molecule has 5 heteroatoms. The highest BCUT2D eigenvalue weighted by atomic mass is 28.4. The first-order valence-electron chi connectivity index (χ1n) is 7.52. The molecule has 0 unspecified atom stereocenters. The summed E-state index contributed by atoms with van der Waals surface area (Å²) in [5.74, 6) is -0.203. The summed E-state index contributed by atoms with van der Waals surface area (Å²) in [5, 5.41) is 0. The Morgan fingerprint density at radius 3 is 1.95 bits per heavy atom. The Bertz CT molecular complexity index is 396. The molecule has 0 amide bonds. The van der Waals surface area contributed by atoms with Crippen LogP contribution in [0.25, 0.3) is 0 Å². The van der Waals surface area contributed by atoms with Gasteiger partial charge in [0.1, 0.15) is 5.82 Å². The third-order valence-electron chi connectivity index (χ3n) is 3.00. The summed E-state index contributed by atoms with van der Waals surface area (Å²) >= 11 is 0. The maximum absolute atomic E-state index is 12.9. The van der Waals surface area contributed by atoms with Gasteiger partial charge in [-0.1, -0.05) is 12.1 Å². The molecule has 1 rings (SSSR count). The number of rotatable bonds is 9.